The van der Waals surface area contributed by atoms with Crippen LogP contribution in [0.4, 0.5) is 10.8 Å². The Morgan fingerprint density at radius 3 is 2.71 bits per heavy atom. The molecule has 10 heteroatoms. The third kappa shape index (κ3) is 4.43. The number of hydrogen-bond acceptors (Lipinski definition) is 7. The van der Waals surface area contributed by atoms with Crippen LogP contribution in [0.5, 0.6) is 5.75 Å². The molecular weight excluding hydrogens is 418 g/mol. The molecular formula is C21H17N5O4S. The average Bonchev–Trinajstić information content (AvgIpc) is 3.45. The van der Waals surface area contributed by atoms with Gasteiger partial charge in [0.25, 0.3) is 11.6 Å². The number of non-ortho nitro benzene ring substituents is 1. The second-order valence-electron chi connectivity index (χ2n) is 6.37. The van der Waals surface area contributed by atoms with Crippen LogP contribution in [0.15, 0.2) is 60.1 Å². The maximum atomic E-state index is 12.9. The zero-order chi connectivity index (χ0) is 21.8. The molecule has 156 valence electrons. The van der Waals surface area contributed by atoms with E-state index in [0.717, 1.165) is 0 Å². The fraction of sp³-hybridized carbons (Fsp3) is 0.0952. The molecule has 0 radical (unpaired) electrons. The molecule has 9 nitrogen and oxygen atoms in total. The summed E-state index contributed by atoms with van der Waals surface area (Å²) >= 11 is 1.29. The highest BCUT2D eigenvalue weighted by atomic mass is 32.1. The standard InChI is InChI=1S/C21H17N5O4S/c1-2-30-16-8-6-13(7-9-16)17-18(20(27)25-21-22-10-11-31-21)24-19(23-17)14-4-3-5-15(12-14)26(28)29/h3-12H,2H2,1H3,(H,23,24)(H,22,25,27). The van der Waals surface area contributed by atoms with Crippen molar-refractivity contribution in [3.8, 4) is 28.4 Å². The number of benzene rings is 2. The van der Waals surface area contributed by atoms with Gasteiger partial charge in [-0.1, -0.05) is 12.1 Å². The highest BCUT2D eigenvalue weighted by Gasteiger charge is 2.21. The topological polar surface area (TPSA) is 123 Å². The van der Waals surface area contributed by atoms with Crippen LogP contribution < -0.4 is 10.1 Å². The van der Waals surface area contributed by atoms with Gasteiger partial charge in [-0.25, -0.2) is 9.97 Å². The number of aromatic amines is 1. The Labute approximate surface area is 180 Å². The molecule has 1 amide bonds. The van der Waals surface area contributed by atoms with E-state index in [2.05, 4.69) is 20.3 Å². The van der Waals surface area contributed by atoms with Crippen molar-refractivity contribution in [3.05, 3.63) is 75.9 Å². The van der Waals surface area contributed by atoms with Crippen molar-refractivity contribution in [2.24, 2.45) is 0 Å². The van der Waals surface area contributed by atoms with E-state index in [4.69, 9.17) is 4.74 Å². The number of H-pyrrole nitrogens is 1. The second-order valence-corrected chi connectivity index (χ2v) is 7.26. The van der Waals surface area contributed by atoms with Crippen LogP contribution in [-0.2, 0) is 0 Å². The van der Waals surface area contributed by atoms with Gasteiger partial charge in [0.2, 0.25) is 0 Å². The number of ether oxygens (including phenoxy) is 1. The summed E-state index contributed by atoms with van der Waals surface area (Å²) in [4.78, 5) is 35.3. The summed E-state index contributed by atoms with van der Waals surface area (Å²) < 4.78 is 5.48. The van der Waals surface area contributed by atoms with Crippen molar-refractivity contribution in [2.45, 2.75) is 6.92 Å². The number of nitrogens with zero attached hydrogens (tertiary/aromatic N) is 3. The van der Waals surface area contributed by atoms with Gasteiger partial charge in [0.05, 0.1) is 11.5 Å². The Balaban J connectivity index is 1.77. The van der Waals surface area contributed by atoms with Crippen molar-refractivity contribution in [1.29, 1.82) is 0 Å². The minimum Gasteiger partial charge on any atom is -0.494 e. The lowest BCUT2D eigenvalue weighted by atomic mass is 10.1. The first-order valence-corrected chi connectivity index (χ1v) is 10.2. The number of carbonyl (C=O) groups is 1. The zero-order valence-corrected chi connectivity index (χ0v) is 17.2. The summed E-state index contributed by atoms with van der Waals surface area (Å²) in [7, 11) is 0. The van der Waals surface area contributed by atoms with Crippen molar-refractivity contribution in [1.82, 2.24) is 15.0 Å². The van der Waals surface area contributed by atoms with E-state index in [-0.39, 0.29) is 11.4 Å². The van der Waals surface area contributed by atoms with E-state index in [1.807, 2.05) is 6.92 Å². The molecule has 4 rings (SSSR count). The summed E-state index contributed by atoms with van der Waals surface area (Å²) in [6.07, 6.45) is 1.59. The third-order valence-corrected chi connectivity index (χ3v) is 5.04. The van der Waals surface area contributed by atoms with E-state index >= 15 is 0 Å². The SMILES string of the molecule is CCOc1ccc(-c2nc(-c3cccc([N+](=O)[O-])c3)[nH]c2C(=O)Nc2nccs2)cc1. The minimum atomic E-state index is -0.476. The molecule has 31 heavy (non-hydrogen) atoms. The molecule has 2 aromatic heterocycles. The van der Waals surface area contributed by atoms with Crippen LogP contribution in [0.25, 0.3) is 22.6 Å². The smallest absolute Gasteiger partial charge is 0.276 e. The molecule has 0 spiro atoms. The fourth-order valence-corrected chi connectivity index (χ4v) is 3.49. The minimum absolute atomic E-state index is 0.0645. The predicted molar refractivity (Wildman–Crippen MR) is 117 cm³/mol. The van der Waals surface area contributed by atoms with Gasteiger partial charge in [0, 0.05) is 34.8 Å². The first-order valence-electron chi connectivity index (χ1n) is 9.34. The van der Waals surface area contributed by atoms with Gasteiger partial charge < -0.3 is 9.72 Å². The molecule has 0 aliphatic heterocycles. The first-order chi connectivity index (χ1) is 15.0. The van der Waals surface area contributed by atoms with Gasteiger partial charge in [-0.15, -0.1) is 11.3 Å². The zero-order valence-electron chi connectivity index (χ0n) is 16.4. The molecule has 2 aromatic carbocycles. The number of hydrogen-bond donors (Lipinski definition) is 2. The van der Waals surface area contributed by atoms with Gasteiger partial charge in [0.15, 0.2) is 5.13 Å². The van der Waals surface area contributed by atoms with Crippen LogP contribution in [0.1, 0.15) is 17.4 Å². The number of anilines is 1. The summed E-state index contributed by atoms with van der Waals surface area (Å²) in [5, 5.41) is 16.1. The highest BCUT2D eigenvalue weighted by Crippen LogP contribution is 2.29. The third-order valence-electron chi connectivity index (χ3n) is 4.35. The van der Waals surface area contributed by atoms with Crippen molar-refractivity contribution < 1.29 is 14.5 Å². The van der Waals surface area contributed by atoms with Crippen molar-refractivity contribution in [3.63, 3.8) is 0 Å². The van der Waals surface area contributed by atoms with Gasteiger partial charge >= 0.3 is 0 Å². The molecule has 0 fully saturated rings. The Kier molecular flexibility index (Phi) is 5.72. The monoisotopic (exact) mass is 435 g/mol. The molecule has 2 heterocycles. The summed E-state index contributed by atoms with van der Waals surface area (Å²) in [6, 6.07) is 13.3. The quantitative estimate of drug-likeness (QED) is 0.319. The predicted octanol–water partition coefficient (Wildman–Crippen LogP) is 4.76. The van der Waals surface area contributed by atoms with Crippen molar-refractivity contribution in [2.75, 3.05) is 11.9 Å². The Morgan fingerprint density at radius 1 is 1.23 bits per heavy atom. The lowest BCUT2D eigenvalue weighted by molar-refractivity contribution is -0.384. The molecule has 4 aromatic rings. The maximum absolute atomic E-state index is 12.9. The van der Waals surface area contributed by atoms with Gasteiger partial charge in [0.1, 0.15) is 23.0 Å². The van der Waals surface area contributed by atoms with E-state index in [0.29, 0.717) is 40.1 Å². The van der Waals surface area contributed by atoms with E-state index in [1.165, 1.54) is 23.5 Å². The fourth-order valence-electron chi connectivity index (χ4n) is 2.97. The van der Waals surface area contributed by atoms with Crippen LogP contribution in [0, 0.1) is 10.1 Å². The normalized spacial score (nSPS) is 10.6. The number of nitrogens with one attached hydrogen (secondary N) is 2. The number of amides is 1. The molecule has 0 atom stereocenters. The Bertz CT molecular complexity index is 1220. The van der Waals surface area contributed by atoms with Gasteiger partial charge in [-0.3, -0.25) is 20.2 Å². The van der Waals surface area contributed by atoms with Gasteiger partial charge in [-0.2, -0.15) is 0 Å². The molecule has 0 bridgehead atoms. The number of nitro groups is 1. The number of thiazole rings is 1. The Hall–Kier alpha value is -4.05. The average molecular weight is 435 g/mol. The van der Waals surface area contributed by atoms with Crippen LogP contribution >= 0.6 is 11.3 Å². The molecule has 0 unspecified atom stereocenters. The number of imidazole rings is 1. The van der Waals surface area contributed by atoms with Crippen LogP contribution in [-0.4, -0.2) is 32.4 Å². The lowest BCUT2D eigenvalue weighted by Crippen LogP contribution is -2.13. The van der Waals surface area contributed by atoms with Crippen LogP contribution in [0.3, 0.4) is 0 Å². The summed E-state index contributed by atoms with van der Waals surface area (Å²) in [5.74, 6) is 0.634. The molecule has 0 aliphatic carbocycles. The number of carbonyl (C=O) groups excluding carboxylic acids is 1. The lowest BCUT2D eigenvalue weighted by Gasteiger charge is -2.05. The van der Waals surface area contributed by atoms with Crippen LogP contribution in [0.2, 0.25) is 0 Å². The van der Waals surface area contributed by atoms with E-state index in [9.17, 15) is 14.9 Å². The molecule has 0 aliphatic rings. The highest BCUT2D eigenvalue weighted by molar-refractivity contribution is 7.13. The van der Waals surface area contributed by atoms with E-state index in [1.54, 1.807) is 48.0 Å². The maximum Gasteiger partial charge on any atom is 0.276 e. The van der Waals surface area contributed by atoms with Gasteiger partial charge in [-0.05, 0) is 31.2 Å². The largest absolute Gasteiger partial charge is 0.494 e. The van der Waals surface area contributed by atoms with Crippen molar-refractivity contribution >= 4 is 28.1 Å². The van der Waals surface area contributed by atoms with E-state index < -0.39 is 10.8 Å². The molecule has 0 saturated heterocycles. The summed E-state index contributed by atoms with van der Waals surface area (Å²) in [5.41, 5.74) is 1.76. The summed E-state index contributed by atoms with van der Waals surface area (Å²) in [6.45, 7) is 2.44. The first kappa shape index (κ1) is 20.2. The number of aromatic nitrogens is 3. The second kappa shape index (κ2) is 8.76. The number of rotatable bonds is 7. The molecule has 2 N–H and O–H groups in total. The number of nitro benzene ring substituents is 1. The molecule has 0 saturated carbocycles. The Morgan fingerprint density at radius 2 is 2.03 bits per heavy atom.